The van der Waals surface area contributed by atoms with Gasteiger partial charge in [0.15, 0.2) is 11.5 Å². The lowest BCUT2D eigenvalue weighted by molar-refractivity contribution is -0.286. The number of rotatable bonds is 3. The maximum atomic E-state index is 12.8. The van der Waals surface area contributed by atoms with E-state index in [9.17, 15) is 13.6 Å². The van der Waals surface area contributed by atoms with Crippen LogP contribution in [0.3, 0.4) is 0 Å². The second-order valence-corrected chi connectivity index (χ2v) is 4.60. The Kier molecular flexibility index (Phi) is 2.51. The third kappa shape index (κ3) is 2.16. The molecule has 0 bridgehead atoms. The van der Waals surface area contributed by atoms with Crippen molar-refractivity contribution in [3.8, 4) is 11.5 Å². The number of fused-ring (bicyclic) bond motifs is 1. The van der Waals surface area contributed by atoms with E-state index in [1.54, 1.807) is 6.07 Å². The van der Waals surface area contributed by atoms with Crippen molar-refractivity contribution in [2.45, 2.75) is 25.2 Å². The summed E-state index contributed by atoms with van der Waals surface area (Å²) in [4.78, 5) is 10.9. The zero-order valence-electron chi connectivity index (χ0n) is 9.73. The molecule has 2 N–H and O–H groups in total. The third-order valence-corrected chi connectivity index (χ3v) is 3.34. The van der Waals surface area contributed by atoms with E-state index >= 15 is 0 Å². The first-order valence-corrected chi connectivity index (χ1v) is 5.84. The fourth-order valence-corrected chi connectivity index (χ4v) is 2.22. The molecule has 1 aromatic rings. The van der Waals surface area contributed by atoms with E-state index < -0.39 is 18.2 Å². The number of hydrogen-bond donors (Lipinski definition) is 2. The lowest BCUT2D eigenvalue weighted by atomic mass is 9.79. The number of ether oxygens (including phenoxy) is 2. The maximum Gasteiger partial charge on any atom is 0.586 e. The molecule has 2 atom stereocenters. The molecule has 7 heteroatoms. The molecule has 5 nitrogen and oxygen atoms in total. The van der Waals surface area contributed by atoms with E-state index in [2.05, 4.69) is 14.8 Å². The van der Waals surface area contributed by atoms with Crippen LogP contribution in [0.2, 0.25) is 0 Å². The minimum atomic E-state index is -3.64. The van der Waals surface area contributed by atoms with E-state index in [-0.39, 0.29) is 17.5 Å². The number of aliphatic carboxylic acids is 1. The number of halogens is 2. The van der Waals surface area contributed by atoms with Gasteiger partial charge >= 0.3 is 12.3 Å². The molecule has 19 heavy (non-hydrogen) atoms. The number of carboxylic acid groups (broad SMARTS) is 1. The summed E-state index contributed by atoms with van der Waals surface area (Å²) in [7, 11) is 0. The van der Waals surface area contributed by atoms with Crippen LogP contribution in [0.1, 0.15) is 12.8 Å². The summed E-state index contributed by atoms with van der Waals surface area (Å²) in [6.45, 7) is 0. The molecule has 1 aliphatic carbocycles. The zero-order chi connectivity index (χ0) is 13.6. The molecule has 2 unspecified atom stereocenters. The summed E-state index contributed by atoms with van der Waals surface area (Å²) >= 11 is 0. The summed E-state index contributed by atoms with van der Waals surface area (Å²) in [5, 5.41) is 11.9. The van der Waals surface area contributed by atoms with Gasteiger partial charge in [-0.2, -0.15) is 0 Å². The van der Waals surface area contributed by atoms with Crippen LogP contribution in [0, 0.1) is 5.92 Å². The number of alkyl halides is 2. The number of hydrogen-bond acceptors (Lipinski definition) is 4. The highest BCUT2D eigenvalue weighted by molar-refractivity contribution is 5.73. The molecule has 0 radical (unpaired) electrons. The Morgan fingerprint density at radius 2 is 2.05 bits per heavy atom. The largest absolute Gasteiger partial charge is 0.586 e. The maximum absolute atomic E-state index is 12.8. The first-order chi connectivity index (χ1) is 8.94. The van der Waals surface area contributed by atoms with Gasteiger partial charge in [-0.25, -0.2) is 0 Å². The van der Waals surface area contributed by atoms with Crippen LogP contribution in [0.25, 0.3) is 0 Å². The Balaban J connectivity index is 1.73. The fraction of sp³-hybridized carbons (Fsp3) is 0.417. The SMILES string of the molecule is O=C(O)C1CCC1Nc1ccc2c(c1)OC(F)(F)O2. The van der Waals surface area contributed by atoms with Crippen LogP contribution >= 0.6 is 0 Å². The van der Waals surface area contributed by atoms with Gasteiger partial charge in [-0.1, -0.05) is 0 Å². The zero-order valence-corrected chi connectivity index (χ0v) is 9.73. The molecular weight excluding hydrogens is 260 g/mol. The van der Waals surface area contributed by atoms with Gasteiger partial charge < -0.3 is 19.9 Å². The van der Waals surface area contributed by atoms with Crippen molar-refractivity contribution in [2.75, 3.05) is 5.32 Å². The Bertz CT molecular complexity index is 534. The van der Waals surface area contributed by atoms with Crippen LogP contribution in [0.4, 0.5) is 14.5 Å². The number of benzene rings is 1. The minimum absolute atomic E-state index is 0.0288. The molecule has 0 amide bonds. The number of anilines is 1. The van der Waals surface area contributed by atoms with Crippen molar-refractivity contribution in [1.82, 2.24) is 0 Å². The molecular formula is C12H11F2NO4. The highest BCUT2D eigenvalue weighted by Crippen LogP contribution is 2.42. The highest BCUT2D eigenvalue weighted by Gasteiger charge is 2.43. The quantitative estimate of drug-likeness (QED) is 0.882. The lowest BCUT2D eigenvalue weighted by Crippen LogP contribution is -2.42. The van der Waals surface area contributed by atoms with E-state index in [0.29, 0.717) is 12.1 Å². The van der Waals surface area contributed by atoms with E-state index in [1.807, 2.05) is 0 Å². The van der Waals surface area contributed by atoms with Gasteiger partial charge in [-0.15, -0.1) is 8.78 Å². The van der Waals surface area contributed by atoms with Gasteiger partial charge in [0.2, 0.25) is 0 Å². The Hall–Kier alpha value is -2.05. The van der Waals surface area contributed by atoms with Crippen molar-refractivity contribution in [3.05, 3.63) is 18.2 Å². The summed E-state index contributed by atoms with van der Waals surface area (Å²) in [6, 6.07) is 4.12. The Labute approximate surface area is 107 Å². The molecule has 1 heterocycles. The first kappa shape index (κ1) is 12.0. The molecule has 1 saturated carbocycles. The molecule has 1 fully saturated rings. The van der Waals surface area contributed by atoms with Gasteiger partial charge in [0.05, 0.1) is 5.92 Å². The van der Waals surface area contributed by atoms with Crippen molar-refractivity contribution in [1.29, 1.82) is 0 Å². The standard InChI is InChI=1S/C12H11F2NO4/c13-12(14)18-9-4-1-6(5-10(9)19-12)15-8-3-2-7(8)11(16)17/h1,4-5,7-8,15H,2-3H2,(H,16,17). The monoisotopic (exact) mass is 271 g/mol. The number of carbonyl (C=O) groups is 1. The van der Waals surface area contributed by atoms with Crippen LogP contribution < -0.4 is 14.8 Å². The molecule has 1 aliphatic heterocycles. The number of nitrogens with one attached hydrogen (secondary N) is 1. The van der Waals surface area contributed by atoms with Crippen molar-refractivity contribution >= 4 is 11.7 Å². The smallest absolute Gasteiger partial charge is 0.481 e. The van der Waals surface area contributed by atoms with Crippen LogP contribution in [0.15, 0.2) is 18.2 Å². The number of carboxylic acids is 1. The topological polar surface area (TPSA) is 67.8 Å². The Morgan fingerprint density at radius 1 is 1.32 bits per heavy atom. The molecule has 0 spiro atoms. The second-order valence-electron chi connectivity index (χ2n) is 4.60. The summed E-state index contributed by atoms with van der Waals surface area (Å²) in [5.74, 6) is -1.37. The minimum Gasteiger partial charge on any atom is -0.481 e. The predicted octanol–water partition coefficient (Wildman–Crippen LogP) is 2.28. The Morgan fingerprint density at radius 3 is 2.68 bits per heavy atom. The van der Waals surface area contributed by atoms with E-state index in [1.165, 1.54) is 12.1 Å². The van der Waals surface area contributed by atoms with Crippen molar-refractivity contribution in [2.24, 2.45) is 5.92 Å². The molecule has 0 saturated heterocycles. The van der Waals surface area contributed by atoms with Gasteiger partial charge in [0.25, 0.3) is 0 Å². The van der Waals surface area contributed by atoms with E-state index in [4.69, 9.17) is 5.11 Å². The average Bonchev–Trinajstić information content (AvgIpc) is 2.56. The van der Waals surface area contributed by atoms with Crippen LogP contribution in [-0.2, 0) is 4.79 Å². The summed E-state index contributed by atoms with van der Waals surface area (Å²) in [6.07, 6.45) is -2.28. The summed E-state index contributed by atoms with van der Waals surface area (Å²) < 4.78 is 34.3. The van der Waals surface area contributed by atoms with Gasteiger partial charge in [-0.05, 0) is 25.0 Å². The van der Waals surface area contributed by atoms with Crippen molar-refractivity contribution in [3.63, 3.8) is 0 Å². The fourth-order valence-electron chi connectivity index (χ4n) is 2.22. The lowest BCUT2D eigenvalue weighted by Gasteiger charge is -2.34. The van der Waals surface area contributed by atoms with Gasteiger partial charge in [0, 0.05) is 17.8 Å². The third-order valence-electron chi connectivity index (χ3n) is 3.34. The molecule has 0 aromatic heterocycles. The first-order valence-electron chi connectivity index (χ1n) is 5.84. The van der Waals surface area contributed by atoms with Crippen LogP contribution in [0.5, 0.6) is 11.5 Å². The molecule has 1 aromatic carbocycles. The van der Waals surface area contributed by atoms with Crippen molar-refractivity contribution < 1.29 is 28.2 Å². The second kappa shape index (κ2) is 3.97. The molecule has 102 valence electrons. The average molecular weight is 271 g/mol. The van der Waals surface area contributed by atoms with Gasteiger partial charge in [0.1, 0.15) is 0 Å². The summed E-state index contributed by atoms with van der Waals surface area (Å²) in [5.41, 5.74) is 0.538. The van der Waals surface area contributed by atoms with Gasteiger partial charge in [-0.3, -0.25) is 4.79 Å². The highest BCUT2D eigenvalue weighted by atomic mass is 19.3. The predicted molar refractivity (Wildman–Crippen MR) is 60.4 cm³/mol. The van der Waals surface area contributed by atoms with E-state index in [0.717, 1.165) is 6.42 Å². The molecule has 2 aliphatic rings. The van der Waals surface area contributed by atoms with Crippen LogP contribution in [-0.4, -0.2) is 23.4 Å². The normalized spacial score (nSPS) is 26.6. The molecule has 3 rings (SSSR count).